The summed E-state index contributed by atoms with van der Waals surface area (Å²) >= 11 is 15.9. The highest BCUT2D eigenvalue weighted by molar-refractivity contribution is 9.10. The van der Waals surface area contributed by atoms with E-state index in [1.807, 2.05) is 61.5 Å². The summed E-state index contributed by atoms with van der Waals surface area (Å²) < 4.78 is 29.9. The van der Waals surface area contributed by atoms with Crippen molar-refractivity contribution < 1.29 is 18.0 Å². The molecule has 0 saturated heterocycles. The van der Waals surface area contributed by atoms with Crippen LogP contribution in [0, 0.1) is 0 Å². The zero-order valence-corrected chi connectivity index (χ0v) is 27.9. The highest BCUT2D eigenvalue weighted by Gasteiger charge is 2.34. The van der Waals surface area contributed by atoms with Gasteiger partial charge in [-0.3, -0.25) is 13.9 Å². The Morgan fingerprint density at radius 1 is 0.841 bits per heavy atom. The van der Waals surface area contributed by atoms with Crippen molar-refractivity contribution in [3.05, 3.63) is 129 Å². The van der Waals surface area contributed by atoms with Crippen LogP contribution in [0.1, 0.15) is 24.5 Å². The highest BCUT2D eigenvalue weighted by atomic mass is 79.9. The van der Waals surface area contributed by atoms with Gasteiger partial charge >= 0.3 is 0 Å². The molecule has 0 aliphatic rings. The first kappa shape index (κ1) is 33.5. The number of carbonyl (C=O) groups excluding carboxylic acids is 2. The van der Waals surface area contributed by atoms with E-state index in [9.17, 15) is 18.0 Å². The number of nitrogens with zero attached hydrogens (tertiary/aromatic N) is 2. The third kappa shape index (κ3) is 8.63. The summed E-state index contributed by atoms with van der Waals surface area (Å²) in [7, 11) is -4.23. The van der Waals surface area contributed by atoms with Gasteiger partial charge in [-0.25, -0.2) is 8.42 Å². The maximum absolute atomic E-state index is 14.4. The van der Waals surface area contributed by atoms with Gasteiger partial charge in [-0.15, -0.1) is 0 Å². The van der Waals surface area contributed by atoms with Gasteiger partial charge in [0.2, 0.25) is 11.8 Å². The monoisotopic (exact) mass is 715 g/mol. The van der Waals surface area contributed by atoms with Gasteiger partial charge in [-0.1, -0.05) is 107 Å². The molecular formula is C33H32BrCl2N3O4S. The lowest BCUT2D eigenvalue weighted by molar-refractivity contribution is -0.140. The first-order valence-electron chi connectivity index (χ1n) is 14.0. The van der Waals surface area contributed by atoms with Crippen molar-refractivity contribution in [3.8, 4) is 0 Å². The van der Waals surface area contributed by atoms with E-state index in [4.69, 9.17) is 23.2 Å². The van der Waals surface area contributed by atoms with Crippen LogP contribution < -0.4 is 9.62 Å². The van der Waals surface area contributed by atoms with Gasteiger partial charge in [0, 0.05) is 24.0 Å². The molecule has 0 saturated carbocycles. The lowest BCUT2D eigenvalue weighted by Gasteiger charge is -2.34. The molecule has 11 heteroatoms. The van der Waals surface area contributed by atoms with Gasteiger partial charge in [0.25, 0.3) is 10.0 Å². The lowest BCUT2D eigenvalue weighted by Crippen LogP contribution is -2.53. The summed E-state index contributed by atoms with van der Waals surface area (Å²) in [5.74, 6) is -0.894. The summed E-state index contributed by atoms with van der Waals surface area (Å²) in [5.41, 5.74) is 1.78. The highest BCUT2D eigenvalue weighted by Crippen LogP contribution is 2.31. The molecule has 0 radical (unpaired) electrons. The molecule has 0 unspecified atom stereocenters. The predicted molar refractivity (Wildman–Crippen MR) is 179 cm³/mol. The van der Waals surface area contributed by atoms with Crippen molar-refractivity contribution in [1.29, 1.82) is 0 Å². The van der Waals surface area contributed by atoms with Crippen molar-refractivity contribution in [2.45, 2.75) is 37.2 Å². The van der Waals surface area contributed by atoms with Crippen molar-refractivity contribution in [2.75, 3.05) is 17.4 Å². The van der Waals surface area contributed by atoms with Crippen LogP contribution in [0.15, 0.2) is 112 Å². The second-order valence-electron chi connectivity index (χ2n) is 10.1. The van der Waals surface area contributed by atoms with E-state index < -0.39 is 28.5 Å². The molecule has 1 atom stereocenters. The molecule has 1 N–H and O–H groups in total. The minimum atomic E-state index is -4.23. The number of halogens is 3. The van der Waals surface area contributed by atoms with Crippen LogP contribution in [-0.4, -0.2) is 44.3 Å². The van der Waals surface area contributed by atoms with E-state index in [2.05, 4.69) is 21.2 Å². The zero-order valence-electron chi connectivity index (χ0n) is 24.0. The Balaban J connectivity index is 1.81. The Morgan fingerprint density at radius 3 is 2.14 bits per heavy atom. The molecule has 0 spiro atoms. The summed E-state index contributed by atoms with van der Waals surface area (Å²) in [5, 5.41) is 3.31. The van der Waals surface area contributed by atoms with E-state index in [1.165, 1.54) is 35.2 Å². The largest absolute Gasteiger partial charge is 0.354 e. The summed E-state index contributed by atoms with van der Waals surface area (Å²) in [6.07, 6.45) is 0.943. The number of benzene rings is 4. The van der Waals surface area contributed by atoms with E-state index in [1.54, 1.807) is 18.2 Å². The fraction of sp³-hybridized carbons (Fsp3) is 0.212. The quantitative estimate of drug-likeness (QED) is 0.160. The molecule has 0 aliphatic carbocycles. The number of sulfonamides is 1. The molecule has 4 aromatic carbocycles. The molecule has 44 heavy (non-hydrogen) atoms. The van der Waals surface area contributed by atoms with Crippen LogP contribution in [-0.2, 0) is 32.6 Å². The van der Waals surface area contributed by atoms with Crippen molar-refractivity contribution in [1.82, 2.24) is 10.2 Å². The SMILES string of the molecule is CCCNC(=O)[C@H](Cc1ccccc1)N(Cc1cccc(Br)c1)C(=O)CN(c1ccc(Cl)c(Cl)c1)S(=O)(=O)c1ccccc1. The summed E-state index contributed by atoms with van der Waals surface area (Å²) in [4.78, 5) is 29.6. The number of anilines is 1. The molecule has 2 amide bonds. The normalized spacial score (nSPS) is 11.9. The Labute approximate surface area is 277 Å². The fourth-order valence-electron chi connectivity index (χ4n) is 4.64. The number of carbonyl (C=O) groups is 2. The number of hydrogen-bond acceptors (Lipinski definition) is 4. The topological polar surface area (TPSA) is 86.8 Å². The van der Waals surface area contributed by atoms with Gasteiger partial charge < -0.3 is 10.2 Å². The Bertz CT molecular complexity index is 1690. The van der Waals surface area contributed by atoms with Gasteiger partial charge in [0.1, 0.15) is 12.6 Å². The second kappa shape index (κ2) is 15.6. The molecule has 4 rings (SSSR count). The minimum absolute atomic E-state index is 0.000984. The molecule has 0 heterocycles. The molecule has 0 fully saturated rings. The van der Waals surface area contributed by atoms with Gasteiger partial charge in [-0.05, 0) is 60.0 Å². The van der Waals surface area contributed by atoms with Crippen LogP contribution in [0.25, 0.3) is 0 Å². The first-order valence-corrected chi connectivity index (χ1v) is 17.0. The van der Waals surface area contributed by atoms with E-state index in [-0.39, 0.29) is 39.5 Å². The second-order valence-corrected chi connectivity index (χ2v) is 13.7. The maximum Gasteiger partial charge on any atom is 0.264 e. The Kier molecular flexibility index (Phi) is 11.9. The Hall–Kier alpha value is -3.37. The van der Waals surface area contributed by atoms with Gasteiger partial charge in [0.05, 0.1) is 20.6 Å². The molecule has 4 aromatic rings. The smallest absolute Gasteiger partial charge is 0.264 e. The molecule has 0 aliphatic heterocycles. The summed E-state index contributed by atoms with van der Waals surface area (Å²) in [6.45, 7) is 1.85. The predicted octanol–water partition coefficient (Wildman–Crippen LogP) is 7.12. The van der Waals surface area contributed by atoms with Gasteiger partial charge in [0.15, 0.2) is 0 Å². The average molecular weight is 718 g/mol. The fourth-order valence-corrected chi connectivity index (χ4v) is 6.81. The van der Waals surface area contributed by atoms with Crippen LogP contribution in [0.4, 0.5) is 5.69 Å². The molecular weight excluding hydrogens is 685 g/mol. The van der Waals surface area contributed by atoms with Crippen molar-refractivity contribution in [3.63, 3.8) is 0 Å². The van der Waals surface area contributed by atoms with Crippen molar-refractivity contribution in [2.24, 2.45) is 0 Å². The van der Waals surface area contributed by atoms with E-state index in [0.717, 1.165) is 19.9 Å². The van der Waals surface area contributed by atoms with Crippen molar-refractivity contribution >= 4 is 66.7 Å². The van der Waals surface area contributed by atoms with Crippen LogP contribution in [0.2, 0.25) is 10.0 Å². The maximum atomic E-state index is 14.4. The molecule has 7 nitrogen and oxygen atoms in total. The average Bonchev–Trinajstić information content (AvgIpc) is 3.02. The van der Waals surface area contributed by atoms with Gasteiger partial charge in [-0.2, -0.15) is 0 Å². The lowest BCUT2D eigenvalue weighted by atomic mass is 10.0. The molecule has 0 bridgehead atoms. The van der Waals surface area contributed by atoms with Crippen LogP contribution in [0.3, 0.4) is 0 Å². The first-order chi connectivity index (χ1) is 21.1. The number of nitrogens with one attached hydrogen (secondary N) is 1. The van der Waals surface area contributed by atoms with E-state index in [0.29, 0.717) is 13.0 Å². The standard InChI is InChI=1S/C33H32BrCl2N3O4S/c1-2-18-37-33(41)31(20-24-10-5-3-6-11-24)38(22-25-12-9-13-26(34)19-25)32(40)23-39(27-16-17-29(35)30(36)21-27)44(42,43)28-14-7-4-8-15-28/h3-17,19,21,31H,2,18,20,22-23H2,1H3,(H,37,41)/t31-/m0/s1. The van der Waals surface area contributed by atoms with E-state index >= 15 is 0 Å². The summed E-state index contributed by atoms with van der Waals surface area (Å²) in [6, 6.07) is 28.1. The zero-order chi connectivity index (χ0) is 31.7. The minimum Gasteiger partial charge on any atom is -0.354 e. The third-order valence-corrected chi connectivity index (χ3v) is 9.88. The molecule has 230 valence electrons. The van der Waals surface area contributed by atoms with Crippen LogP contribution in [0.5, 0.6) is 0 Å². The molecule has 0 aromatic heterocycles. The number of hydrogen-bond donors (Lipinski definition) is 1. The van der Waals surface area contributed by atoms with Crippen LogP contribution >= 0.6 is 39.1 Å². The number of rotatable bonds is 13. The Morgan fingerprint density at radius 2 is 1.50 bits per heavy atom. The third-order valence-electron chi connectivity index (χ3n) is 6.86. The number of amides is 2.